The minimum atomic E-state index is -1.36. The molecule has 0 radical (unpaired) electrons. The van der Waals surface area contributed by atoms with Gasteiger partial charge in [-0.2, -0.15) is 0 Å². The maximum absolute atomic E-state index is 12.6. The molecule has 0 fully saturated rings. The van der Waals surface area contributed by atoms with E-state index in [2.05, 4.69) is 10.6 Å². The first-order valence-electron chi connectivity index (χ1n) is 8.51. The van der Waals surface area contributed by atoms with Crippen molar-refractivity contribution in [2.75, 3.05) is 13.7 Å². The fraction of sp³-hybridized carbons (Fsp3) is 0.471. The predicted molar refractivity (Wildman–Crippen MR) is 93.0 cm³/mol. The van der Waals surface area contributed by atoms with Gasteiger partial charge in [0.05, 0.1) is 31.2 Å². The van der Waals surface area contributed by atoms with E-state index in [0.29, 0.717) is 0 Å². The van der Waals surface area contributed by atoms with Crippen LogP contribution in [0.1, 0.15) is 24.9 Å². The van der Waals surface area contributed by atoms with Crippen molar-refractivity contribution in [3.8, 4) is 0 Å². The fourth-order valence-corrected chi connectivity index (χ4v) is 2.26. The Hall–Kier alpha value is -2.49. The molecule has 0 heterocycles. The van der Waals surface area contributed by atoms with Crippen LogP contribution in [0.15, 0.2) is 30.3 Å². The van der Waals surface area contributed by atoms with Crippen molar-refractivity contribution in [1.82, 2.24) is 10.6 Å². The van der Waals surface area contributed by atoms with Crippen molar-refractivity contribution < 1.29 is 30.7 Å². The van der Waals surface area contributed by atoms with E-state index in [1.165, 1.54) is 14.0 Å². The number of aliphatic hydroxyl groups excluding tert-OH is 1. The van der Waals surface area contributed by atoms with E-state index in [0.717, 1.165) is 5.56 Å². The molecule has 9 heteroatoms. The molecule has 4 atom stereocenters. The van der Waals surface area contributed by atoms with Gasteiger partial charge in [-0.25, -0.2) is 0 Å². The lowest BCUT2D eigenvalue weighted by Gasteiger charge is -2.25. The summed E-state index contributed by atoms with van der Waals surface area (Å²) < 4.78 is 12.2. The first-order chi connectivity index (χ1) is 12.8. The summed E-state index contributed by atoms with van der Waals surface area (Å²) in [5.74, 6) is -2.82. The van der Waals surface area contributed by atoms with Crippen LogP contribution in [-0.4, -0.2) is 59.9 Å². The van der Waals surface area contributed by atoms with Crippen LogP contribution >= 0.6 is 0 Å². The van der Waals surface area contributed by atoms with Crippen molar-refractivity contribution in [3.63, 3.8) is 0 Å². The number of carboxylic acids is 1. The molecular formula is C17H25N3O6. The quantitative estimate of drug-likeness (QED) is 0.341. The van der Waals surface area contributed by atoms with E-state index < -0.39 is 48.4 Å². The normalized spacial score (nSPS) is 15.9. The fourth-order valence-electron chi connectivity index (χ4n) is 2.26. The van der Waals surface area contributed by atoms with Crippen LogP contribution in [0.3, 0.4) is 0 Å². The highest BCUT2D eigenvalue weighted by atomic mass is 16.5. The molecule has 144 valence electrons. The molecule has 0 aliphatic rings. The molecule has 0 unspecified atom stereocenters. The smallest absolute Gasteiger partial charge is 0.305 e. The number of nitrogens with one attached hydrogen (secondary N) is 2. The van der Waals surface area contributed by atoms with Crippen LogP contribution in [0.25, 0.3) is 0 Å². The Morgan fingerprint density at radius 3 is 2.38 bits per heavy atom. The zero-order valence-electron chi connectivity index (χ0n) is 15.6. The maximum Gasteiger partial charge on any atom is 0.305 e. The molecule has 1 aromatic rings. The summed E-state index contributed by atoms with van der Waals surface area (Å²) in [6.45, 7) is 1.49. The summed E-state index contributed by atoms with van der Waals surface area (Å²) in [7, 11) is 1.48. The zero-order chi connectivity index (χ0) is 20.4. The number of carbonyl (C=O) groups is 3. The lowest BCUT2D eigenvalue weighted by atomic mass is 10.1. The first kappa shape index (κ1) is 19.8. The number of rotatable bonds is 11. The zero-order valence-corrected chi connectivity index (χ0v) is 14.6. The molecule has 26 heavy (non-hydrogen) atoms. The molecule has 0 spiro atoms. The summed E-state index contributed by atoms with van der Waals surface area (Å²) in [5, 5.41) is 23.6. The first-order valence-corrected chi connectivity index (χ1v) is 8.01. The number of aliphatic hydroxyl groups is 1. The molecule has 0 aromatic heterocycles. The Kier molecular flexibility index (Phi) is 8.00. The Bertz CT molecular complexity index is 628. The van der Waals surface area contributed by atoms with Gasteiger partial charge in [-0.05, 0) is 12.5 Å². The van der Waals surface area contributed by atoms with E-state index in [-0.39, 0.29) is 6.61 Å². The average molecular weight is 368 g/mol. The highest BCUT2D eigenvalue weighted by Gasteiger charge is 2.30. The lowest BCUT2D eigenvalue weighted by Crippen LogP contribution is -2.56. The lowest BCUT2D eigenvalue weighted by molar-refractivity contribution is -0.140. The third-order valence-electron chi connectivity index (χ3n) is 3.61. The van der Waals surface area contributed by atoms with Crippen LogP contribution in [0.2, 0.25) is 1.41 Å². The molecule has 2 amide bonds. The maximum atomic E-state index is 12.6. The summed E-state index contributed by atoms with van der Waals surface area (Å²) >= 11 is 0. The number of hydrogen-bond donors (Lipinski definition) is 5. The second-order valence-corrected chi connectivity index (χ2v) is 5.80. The Morgan fingerprint density at radius 2 is 1.88 bits per heavy atom. The average Bonchev–Trinajstić information content (AvgIpc) is 2.63. The third kappa shape index (κ3) is 6.79. The topological polar surface area (TPSA) is 151 Å². The molecule has 1 rings (SSSR count). The van der Waals surface area contributed by atoms with Gasteiger partial charge in [-0.3, -0.25) is 14.4 Å². The minimum absolute atomic E-state index is 0.173. The van der Waals surface area contributed by atoms with Crippen molar-refractivity contribution in [2.24, 2.45) is 5.73 Å². The number of methoxy groups -OCH3 is 1. The Balaban J connectivity index is 2.87. The van der Waals surface area contributed by atoms with Crippen LogP contribution in [0.4, 0.5) is 0 Å². The second-order valence-electron chi connectivity index (χ2n) is 5.80. The van der Waals surface area contributed by atoms with E-state index in [1.807, 2.05) is 11.8 Å². The molecule has 9 nitrogen and oxygen atoms in total. The number of benzene rings is 1. The van der Waals surface area contributed by atoms with Gasteiger partial charge < -0.3 is 31.3 Å². The van der Waals surface area contributed by atoms with Gasteiger partial charge >= 0.3 is 5.97 Å². The number of hydrogen-bond acceptors (Lipinski definition) is 6. The van der Waals surface area contributed by atoms with Crippen molar-refractivity contribution >= 4 is 17.8 Å². The van der Waals surface area contributed by atoms with E-state index in [4.69, 9.17) is 11.3 Å². The van der Waals surface area contributed by atoms with Crippen molar-refractivity contribution in [3.05, 3.63) is 35.9 Å². The largest absolute Gasteiger partial charge is 0.481 e. The van der Waals surface area contributed by atoms with Gasteiger partial charge in [0.2, 0.25) is 11.8 Å². The molecule has 0 saturated heterocycles. The second kappa shape index (κ2) is 10.5. The van der Waals surface area contributed by atoms with E-state index in [9.17, 15) is 19.5 Å². The number of carboxylic acid groups (broad SMARTS) is 1. The number of aliphatic carboxylic acids is 1. The van der Waals surface area contributed by atoms with Gasteiger partial charge in [0.1, 0.15) is 7.45 Å². The third-order valence-corrected chi connectivity index (χ3v) is 3.61. The molecular weight excluding hydrogens is 342 g/mol. The van der Waals surface area contributed by atoms with E-state index >= 15 is 0 Å². The number of nitrogens with two attached hydrogens (primary N) is 1. The number of carbonyl (C=O) groups excluding carboxylic acids is 2. The van der Waals surface area contributed by atoms with Gasteiger partial charge in [0.15, 0.2) is 0 Å². The number of ether oxygens (including phenoxy) is 1. The molecule has 6 N–H and O–H groups in total. The molecule has 0 aliphatic heterocycles. The van der Waals surface area contributed by atoms with Crippen molar-refractivity contribution in [2.45, 2.75) is 37.6 Å². The molecule has 0 saturated carbocycles. The van der Waals surface area contributed by atoms with Gasteiger partial charge in [0.25, 0.3) is 0 Å². The van der Waals surface area contributed by atoms with Crippen LogP contribution in [-0.2, 0) is 19.1 Å². The molecule has 1 aromatic carbocycles. The van der Waals surface area contributed by atoms with E-state index in [1.54, 1.807) is 24.3 Å². The van der Waals surface area contributed by atoms with Crippen molar-refractivity contribution in [1.29, 1.82) is 0 Å². The minimum Gasteiger partial charge on any atom is -0.481 e. The summed E-state index contributed by atoms with van der Waals surface area (Å²) in [6, 6.07) is 5.82. The highest BCUT2D eigenvalue weighted by Crippen LogP contribution is 2.13. The standard InChI is InChI=1S/C17H25N3O6/c1-10(21)15(20-16(24)12(18)8-14(22)23)17(25)19-13(9-26-2)11-6-4-3-5-7-11/h3-7,10,12-13,15,21H,8-9,18H2,1-2H3,(H,19,25)(H,20,24)(H,22,23)/t10-,12+,13+,15+/m1/s1/i/hD. The SMILES string of the molecule is [2H]N[C@@H](CC(=O)O)C(=O)N[C@H](C(=O)N[C@@H](COC)c1ccccc1)[C@@H](C)O. The van der Waals surface area contributed by atoms with Gasteiger partial charge in [-0.15, -0.1) is 0 Å². The van der Waals surface area contributed by atoms with Gasteiger partial charge in [-0.1, -0.05) is 30.3 Å². The summed E-state index contributed by atoms with van der Waals surface area (Å²) in [5.41, 5.74) is 2.60. The van der Waals surface area contributed by atoms with Crippen LogP contribution < -0.4 is 16.4 Å². The summed E-state index contributed by atoms with van der Waals surface area (Å²) in [6.07, 6.45) is -1.89. The Morgan fingerprint density at radius 1 is 1.23 bits per heavy atom. The van der Waals surface area contributed by atoms with Gasteiger partial charge in [0, 0.05) is 7.11 Å². The predicted octanol–water partition coefficient (Wildman–Crippen LogP) is -0.842. The highest BCUT2D eigenvalue weighted by molar-refractivity contribution is 5.91. The molecule has 0 aliphatic carbocycles. The van der Waals surface area contributed by atoms with Crippen LogP contribution in [0, 0.1) is 0 Å². The Labute approximate surface area is 153 Å². The molecule has 0 bridgehead atoms. The number of amides is 2. The monoisotopic (exact) mass is 368 g/mol. The summed E-state index contributed by atoms with van der Waals surface area (Å²) in [4.78, 5) is 35.5. The van der Waals surface area contributed by atoms with Crippen LogP contribution in [0.5, 0.6) is 0 Å².